The van der Waals surface area contributed by atoms with Crippen LogP contribution in [0.3, 0.4) is 0 Å². The first-order valence-corrected chi connectivity index (χ1v) is 7.40. The molecule has 0 atom stereocenters. The van der Waals surface area contributed by atoms with E-state index in [4.69, 9.17) is 0 Å². The van der Waals surface area contributed by atoms with Crippen molar-refractivity contribution in [1.82, 2.24) is 0 Å². The van der Waals surface area contributed by atoms with Gasteiger partial charge in [-0.2, -0.15) is 0 Å². The van der Waals surface area contributed by atoms with Crippen LogP contribution in [-0.2, 0) is 0 Å². The van der Waals surface area contributed by atoms with E-state index >= 15 is 0 Å². The van der Waals surface area contributed by atoms with Crippen molar-refractivity contribution < 1.29 is 9.18 Å². The Morgan fingerprint density at radius 1 is 0.905 bits per heavy atom. The smallest absolute Gasteiger partial charge is 0.193 e. The topological polar surface area (TPSA) is 20.3 Å². The second-order valence-electron chi connectivity index (χ2n) is 5.41. The molecule has 1 aliphatic heterocycles. The summed E-state index contributed by atoms with van der Waals surface area (Å²) >= 11 is 0. The summed E-state index contributed by atoms with van der Waals surface area (Å²) in [5, 5.41) is 0. The van der Waals surface area contributed by atoms with Crippen molar-refractivity contribution in [2.45, 2.75) is 19.3 Å². The highest BCUT2D eigenvalue weighted by Gasteiger charge is 2.17. The average Bonchev–Trinajstić information content (AvgIpc) is 2.55. The van der Waals surface area contributed by atoms with Gasteiger partial charge in [-0.25, -0.2) is 4.39 Å². The van der Waals surface area contributed by atoms with Gasteiger partial charge in [-0.05, 0) is 37.5 Å². The number of benzene rings is 2. The van der Waals surface area contributed by atoms with Crippen LogP contribution in [0, 0.1) is 5.82 Å². The van der Waals surface area contributed by atoms with E-state index in [-0.39, 0.29) is 11.6 Å². The Balaban J connectivity index is 1.85. The largest absolute Gasteiger partial charge is 0.369 e. The van der Waals surface area contributed by atoms with Crippen LogP contribution in [0.4, 0.5) is 10.1 Å². The van der Waals surface area contributed by atoms with E-state index < -0.39 is 0 Å². The molecule has 3 heteroatoms. The Bertz CT molecular complexity index is 633. The summed E-state index contributed by atoms with van der Waals surface area (Å²) in [7, 11) is 0. The minimum Gasteiger partial charge on any atom is -0.369 e. The summed E-state index contributed by atoms with van der Waals surface area (Å²) < 4.78 is 14.3. The molecule has 2 nitrogen and oxygen atoms in total. The number of rotatable bonds is 3. The summed E-state index contributed by atoms with van der Waals surface area (Å²) in [5.41, 5.74) is 1.60. The molecule has 1 saturated heterocycles. The maximum Gasteiger partial charge on any atom is 0.193 e. The lowest BCUT2D eigenvalue weighted by atomic mass is 10.0. The number of anilines is 1. The highest BCUT2D eigenvalue weighted by Crippen LogP contribution is 2.25. The van der Waals surface area contributed by atoms with Gasteiger partial charge in [0.05, 0.1) is 5.69 Å². The van der Waals surface area contributed by atoms with Crippen molar-refractivity contribution in [2.75, 3.05) is 18.0 Å². The van der Waals surface area contributed by atoms with E-state index in [1.807, 2.05) is 18.2 Å². The van der Waals surface area contributed by atoms with E-state index in [0.29, 0.717) is 16.8 Å². The monoisotopic (exact) mass is 283 g/mol. The van der Waals surface area contributed by atoms with E-state index in [9.17, 15) is 9.18 Å². The highest BCUT2D eigenvalue weighted by atomic mass is 19.1. The maximum absolute atomic E-state index is 14.3. The van der Waals surface area contributed by atoms with Gasteiger partial charge in [0.15, 0.2) is 5.78 Å². The number of hydrogen-bond acceptors (Lipinski definition) is 2. The molecule has 0 amide bonds. The van der Waals surface area contributed by atoms with Crippen molar-refractivity contribution in [3.05, 3.63) is 65.5 Å². The molecule has 0 spiro atoms. The molecule has 108 valence electrons. The van der Waals surface area contributed by atoms with Gasteiger partial charge in [-0.15, -0.1) is 0 Å². The van der Waals surface area contributed by atoms with Crippen molar-refractivity contribution in [3.8, 4) is 0 Å². The van der Waals surface area contributed by atoms with Gasteiger partial charge in [0.1, 0.15) is 5.82 Å². The van der Waals surface area contributed by atoms with E-state index in [1.54, 1.807) is 24.3 Å². The molecule has 0 unspecified atom stereocenters. The van der Waals surface area contributed by atoms with Crippen LogP contribution in [0.2, 0.25) is 0 Å². The van der Waals surface area contributed by atoms with E-state index in [1.165, 1.54) is 12.5 Å². The minimum atomic E-state index is -0.307. The Hall–Kier alpha value is -2.16. The third-order valence-corrected chi connectivity index (χ3v) is 3.94. The number of carbonyl (C=O) groups is 1. The van der Waals surface area contributed by atoms with Gasteiger partial charge in [0.2, 0.25) is 0 Å². The van der Waals surface area contributed by atoms with Crippen molar-refractivity contribution >= 4 is 11.5 Å². The number of hydrogen-bond donors (Lipinski definition) is 0. The second kappa shape index (κ2) is 6.08. The van der Waals surface area contributed by atoms with E-state index in [0.717, 1.165) is 25.9 Å². The summed E-state index contributed by atoms with van der Waals surface area (Å²) in [6.45, 7) is 1.78. The molecule has 0 saturated carbocycles. The summed E-state index contributed by atoms with van der Waals surface area (Å²) in [4.78, 5) is 14.4. The zero-order valence-electron chi connectivity index (χ0n) is 11.9. The fraction of sp³-hybridized carbons (Fsp3) is 0.278. The lowest BCUT2D eigenvalue weighted by molar-refractivity contribution is 0.103. The summed E-state index contributed by atoms with van der Waals surface area (Å²) in [6, 6.07) is 13.8. The molecule has 1 aliphatic rings. The molecule has 1 heterocycles. The van der Waals surface area contributed by atoms with Gasteiger partial charge in [-0.1, -0.05) is 30.3 Å². The molecule has 21 heavy (non-hydrogen) atoms. The summed E-state index contributed by atoms with van der Waals surface area (Å²) in [5.74, 6) is -0.446. The van der Waals surface area contributed by atoms with Gasteiger partial charge < -0.3 is 4.90 Å². The van der Waals surface area contributed by atoms with Crippen LogP contribution in [-0.4, -0.2) is 18.9 Å². The van der Waals surface area contributed by atoms with Crippen LogP contribution in [0.1, 0.15) is 35.2 Å². The fourth-order valence-electron chi connectivity index (χ4n) is 2.80. The number of ketones is 1. The zero-order valence-corrected chi connectivity index (χ0v) is 11.9. The number of halogens is 1. The Labute approximate surface area is 124 Å². The second-order valence-corrected chi connectivity index (χ2v) is 5.41. The van der Waals surface area contributed by atoms with Gasteiger partial charge in [0, 0.05) is 24.2 Å². The lowest BCUT2D eigenvalue weighted by Crippen LogP contribution is -2.30. The Kier molecular flexibility index (Phi) is 4.00. The van der Waals surface area contributed by atoms with Crippen molar-refractivity contribution in [2.24, 2.45) is 0 Å². The minimum absolute atomic E-state index is 0.139. The standard InChI is InChI=1S/C18H18FNO/c19-16-13-15(18(21)14-7-3-1-4-8-14)9-10-17(16)20-11-5-2-6-12-20/h1,3-4,7-10,13H,2,5-6,11-12H2. The Morgan fingerprint density at radius 2 is 1.62 bits per heavy atom. The molecule has 2 aromatic rings. The lowest BCUT2D eigenvalue weighted by Gasteiger charge is -2.29. The predicted octanol–water partition coefficient (Wildman–Crippen LogP) is 4.05. The molecule has 0 bridgehead atoms. The van der Waals surface area contributed by atoms with Gasteiger partial charge >= 0.3 is 0 Å². The fourth-order valence-corrected chi connectivity index (χ4v) is 2.80. The molecule has 0 aliphatic carbocycles. The molecular weight excluding hydrogens is 265 g/mol. The summed E-state index contributed by atoms with van der Waals surface area (Å²) in [6.07, 6.45) is 3.41. The average molecular weight is 283 g/mol. The normalized spacial score (nSPS) is 15.0. The number of piperidine rings is 1. The quantitative estimate of drug-likeness (QED) is 0.792. The molecular formula is C18H18FNO. The first-order chi connectivity index (χ1) is 10.3. The third-order valence-electron chi connectivity index (χ3n) is 3.94. The van der Waals surface area contributed by atoms with Crippen LogP contribution in [0.5, 0.6) is 0 Å². The number of nitrogens with zero attached hydrogens (tertiary/aromatic N) is 1. The molecule has 2 aromatic carbocycles. The maximum atomic E-state index is 14.3. The molecule has 1 fully saturated rings. The van der Waals surface area contributed by atoms with Crippen LogP contribution in [0.25, 0.3) is 0 Å². The molecule has 0 N–H and O–H groups in total. The molecule has 0 aromatic heterocycles. The van der Waals surface area contributed by atoms with E-state index in [2.05, 4.69) is 4.90 Å². The Morgan fingerprint density at radius 3 is 2.29 bits per heavy atom. The first-order valence-electron chi connectivity index (χ1n) is 7.40. The van der Waals surface area contributed by atoms with Gasteiger partial charge in [-0.3, -0.25) is 4.79 Å². The van der Waals surface area contributed by atoms with Crippen LogP contribution >= 0.6 is 0 Å². The van der Waals surface area contributed by atoms with Crippen LogP contribution < -0.4 is 4.90 Å². The van der Waals surface area contributed by atoms with Crippen LogP contribution in [0.15, 0.2) is 48.5 Å². The van der Waals surface area contributed by atoms with Crippen molar-refractivity contribution in [1.29, 1.82) is 0 Å². The SMILES string of the molecule is O=C(c1ccccc1)c1ccc(N2CCCCC2)c(F)c1. The third kappa shape index (κ3) is 2.97. The zero-order chi connectivity index (χ0) is 14.7. The molecule has 3 rings (SSSR count). The highest BCUT2D eigenvalue weighted by molar-refractivity contribution is 6.09. The predicted molar refractivity (Wildman–Crippen MR) is 82.3 cm³/mol. The first kappa shape index (κ1) is 13.8. The number of carbonyl (C=O) groups excluding carboxylic acids is 1. The van der Waals surface area contributed by atoms with Crippen molar-refractivity contribution in [3.63, 3.8) is 0 Å². The van der Waals surface area contributed by atoms with Gasteiger partial charge in [0.25, 0.3) is 0 Å². The molecule has 0 radical (unpaired) electrons.